The smallest absolute Gasteiger partial charge is 0.0831 e. The lowest BCUT2D eigenvalue weighted by molar-refractivity contribution is 0.184. The molecule has 0 amide bonds. The largest absolute Gasteiger partial charge is 0.380 e. The van der Waals surface area contributed by atoms with Gasteiger partial charge in [-0.3, -0.25) is 0 Å². The van der Waals surface area contributed by atoms with Gasteiger partial charge in [-0.2, -0.15) is 0 Å². The molecule has 1 aromatic carbocycles. The van der Waals surface area contributed by atoms with Crippen LogP contribution < -0.4 is 5.73 Å². The van der Waals surface area contributed by atoms with Crippen molar-refractivity contribution in [2.75, 3.05) is 13.7 Å². The quantitative estimate of drug-likeness (QED) is 0.769. The maximum absolute atomic E-state index is 5.49. The molecule has 19 heavy (non-hydrogen) atoms. The minimum atomic E-state index is 0.568. The predicted molar refractivity (Wildman–Crippen MR) is 74.1 cm³/mol. The molecule has 0 saturated heterocycles. The van der Waals surface area contributed by atoms with Crippen molar-refractivity contribution in [2.45, 2.75) is 25.9 Å². The van der Waals surface area contributed by atoms with Gasteiger partial charge in [0.25, 0.3) is 0 Å². The van der Waals surface area contributed by atoms with Crippen LogP contribution >= 0.6 is 0 Å². The summed E-state index contributed by atoms with van der Waals surface area (Å²) in [6, 6.07) is 8.04. The summed E-state index contributed by atoms with van der Waals surface area (Å²) in [6.07, 6.45) is 4.97. The van der Waals surface area contributed by atoms with E-state index < -0.39 is 0 Å². The van der Waals surface area contributed by atoms with Crippen molar-refractivity contribution in [3.63, 3.8) is 0 Å². The minimum absolute atomic E-state index is 0.568. The molecule has 0 saturated carbocycles. The molecule has 5 heteroatoms. The molecule has 102 valence electrons. The van der Waals surface area contributed by atoms with Crippen LogP contribution in [0.4, 0.5) is 0 Å². The van der Waals surface area contributed by atoms with E-state index in [2.05, 4.69) is 10.3 Å². The molecular weight excluding hydrogens is 240 g/mol. The second-order valence-electron chi connectivity index (χ2n) is 4.46. The molecule has 2 rings (SSSR count). The van der Waals surface area contributed by atoms with Gasteiger partial charge in [0.05, 0.1) is 24.2 Å². The van der Waals surface area contributed by atoms with Gasteiger partial charge in [-0.25, -0.2) is 4.68 Å². The van der Waals surface area contributed by atoms with Crippen molar-refractivity contribution in [1.82, 2.24) is 15.0 Å². The van der Waals surface area contributed by atoms with Crippen molar-refractivity contribution >= 4 is 0 Å². The Balaban J connectivity index is 2.13. The molecule has 0 bridgehead atoms. The van der Waals surface area contributed by atoms with Crippen LogP contribution in [0.1, 0.15) is 24.1 Å². The number of aryl methyl sites for hydroxylation is 1. The van der Waals surface area contributed by atoms with Crippen LogP contribution in [-0.4, -0.2) is 28.6 Å². The molecule has 0 aliphatic heterocycles. The molecule has 0 atom stereocenters. The van der Waals surface area contributed by atoms with Crippen LogP contribution in [0, 0.1) is 0 Å². The highest BCUT2D eigenvalue weighted by Crippen LogP contribution is 2.15. The molecule has 0 aliphatic rings. The first kappa shape index (κ1) is 13.7. The summed E-state index contributed by atoms with van der Waals surface area (Å²) >= 11 is 0. The van der Waals surface area contributed by atoms with Gasteiger partial charge in [-0.15, -0.1) is 5.10 Å². The zero-order valence-corrected chi connectivity index (χ0v) is 11.2. The predicted octanol–water partition coefficient (Wildman–Crippen LogP) is 1.70. The fourth-order valence-corrected chi connectivity index (χ4v) is 1.99. The van der Waals surface area contributed by atoms with Crippen molar-refractivity contribution in [1.29, 1.82) is 0 Å². The van der Waals surface area contributed by atoms with Gasteiger partial charge < -0.3 is 10.5 Å². The van der Waals surface area contributed by atoms with Crippen molar-refractivity contribution in [3.05, 3.63) is 41.7 Å². The van der Waals surface area contributed by atoms with Gasteiger partial charge >= 0.3 is 0 Å². The molecule has 0 fully saturated rings. The molecule has 1 aromatic heterocycles. The number of nitrogens with zero attached hydrogens (tertiary/aromatic N) is 3. The van der Waals surface area contributed by atoms with E-state index in [1.807, 2.05) is 35.1 Å². The Morgan fingerprint density at radius 1 is 1.26 bits per heavy atom. The molecular formula is C14H20N4O. The maximum Gasteiger partial charge on any atom is 0.0831 e. The van der Waals surface area contributed by atoms with Gasteiger partial charge in [0.15, 0.2) is 0 Å². The van der Waals surface area contributed by atoms with Crippen molar-refractivity contribution in [2.24, 2.45) is 5.73 Å². The number of benzene rings is 1. The number of ether oxygens (including phenoxy) is 1. The average molecular weight is 260 g/mol. The van der Waals surface area contributed by atoms with Crippen LogP contribution in [0.15, 0.2) is 30.5 Å². The first-order chi connectivity index (χ1) is 9.35. The Morgan fingerprint density at radius 3 is 2.89 bits per heavy atom. The highest BCUT2D eigenvalue weighted by molar-refractivity contribution is 5.39. The molecule has 0 aliphatic carbocycles. The number of nitrogens with two attached hydrogens (primary N) is 1. The molecule has 2 N–H and O–H groups in total. The van der Waals surface area contributed by atoms with Crippen LogP contribution in [0.2, 0.25) is 0 Å². The number of aromatic nitrogens is 3. The van der Waals surface area contributed by atoms with Gasteiger partial charge in [0, 0.05) is 12.7 Å². The van der Waals surface area contributed by atoms with Crippen LogP contribution in [-0.2, 0) is 17.8 Å². The molecule has 0 radical (unpaired) electrons. The van der Waals surface area contributed by atoms with Gasteiger partial charge in [0.2, 0.25) is 0 Å². The molecule has 0 spiro atoms. The van der Waals surface area contributed by atoms with E-state index in [1.54, 1.807) is 7.11 Å². The first-order valence-corrected chi connectivity index (χ1v) is 6.53. The SMILES string of the molecule is COCc1ccccc1-n1cc(CCCCN)nn1. The Bertz CT molecular complexity index is 510. The molecule has 2 aromatic rings. The number of para-hydroxylation sites is 1. The lowest BCUT2D eigenvalue weighted by atomic mass is 10.2. The molecule has 5 nitrogen and oxygen atoms in total. The average Bonchev–Trinajstić information content (AvgIpc) is 2.89. The summed E-state index contributed by atoms with van der Waals surface area (Å²) in [5, 5.41) is 8.38. The fraction of sp³-hybridized carbons (Fsp3) is 0.429. The van der Waals surface area contributed by atoms with E-state index in [9.17, 15) is 0 Å². The minimum Gasteiger partial charge on any atom is -0.380 e. The Kier molecular flexibility index (Phi) is 5.06. The van der Waals surface area contributed by atoms with Crippen LogP contribution in [0.3, 0.4) is 0 Å². The number of unbranched alkanes of at least 4 members (excludes halogenated alkanes) is 1. The Hall–Kier alpha value is -1.72. The van der Waals surface area contributed by atoms with E-state index in [4.69, 9.17) is 10.5 Å². The topological polar surface area (TPSA) is 66.0 Å². The zero-order chi connectivity index (χ0) is 13.5. The highest BCUT2D eigenvalue weighted by Gasteiger charge is 2.07. The van der Waals surface area contributed by atoms with Gasteiger partial charge in [-0.1, -0.05) is 23.4 Å². The van der Waals surface area contributed by atoms with E-state index in [-0.39, 0.29) is 0 Å². The van der Waals surface area contributed by atoms with Gasteiger partial charge in [0.1, 0.15) is 0 Å². The fourth-order valence-electron chi connectivity index (χ4n) is 1.99. The highest BCUT2D eigenvalue weighted by atomic mass is 16.5. The third-order valence-electron chi connectivity index (χ3n) is 2.97. The number of rotatable bonds is 7. The molecule has 1 heterocycles. The van der Waals surface area contributed by atoms with E-state index >= 15 is 0 Å². The number of hydrogen-bond donors (Lipinski definition) is 1. The second kappa shape index (κ2) is 7.01. The Labute approximate surface area is 113 Å². The summed E-state index contributed by atoms with van der Waals surface area (Å²) in [5.41, 5.74) is 8.60. The van der Waals surface area contributed by atoms with Crippen LogP contribution in [0.25, 0.3) is 5.69 Å². The zero-order valence-electron chi connectivity index (χ0n) is 11.2. The lowest BCUT2D eigenvalue weighted by Gasteiger charge is -2.07. The third kappa shape index (κ3) is 3.62. The summed E-state index contributed by atoms with van der Waals surface area (Å²) in [7, 11) is 1.69. The van der Waals surface area contributed by atoms with Crippen molar-refractivity contribution < 1.29 is 4.74 Å². The van der Waals surface area contributed by atoms with E-state index in [0.717, 1.165) is 42.8 Å². The maximum atomic E-state index is 5.49. The van der Waals surface area contributed by atoms with Crippen molar-refractivity contribution in [3.8, 4) is 5.69 Å². The Morgan fingerprint density at radius 2 is 2.11 bits per heavy atom. The normalized spacial score (nSPS) is 10.8. The van der Waals surface area contributed by atoms with Crippen LogP contribution in [0.5, 0.6) is 0 Å². The number of methoxy groups -OCH3 is 1. The van der Waals surface area contributed by atoms with E-state index in [1.165, 1.54) is 0 Å². The lowest BCUT2D eigenvalue weighted by Crippen LogP contribution is -2.01. The third-order valence-corrected chi connectivity index (χ3v) is 2.97. The molecule has 0 unspecified atom stereocenters. The van der Waals surface area contributed by atoms with E-state index in [0.29, 0.717) is 6.61 Å². The summed E-state index contributed by atoms with van der Waals surface area (Å²) in [6.45, 7) is 1.29. The number of hydrogen-bond acceptors (Lipinski definition) is 4. The first-order valence-electron chi connectivity index (χ1n) is 6.53. The standard InChI is InChI=1S/C14H20N4O/c1-19-11-12-6-2-3-8-14(12)18-10-13(16-17-18)7-4-5-9-15/h2-3,6,8,10H,4-5,7,9,11,15H2,1H3. The summed E-state index contributed by atoms with van der Waals surface area (Å²) < 4.78 is 7.01. The second-order valence-corrected chi connectivity index (χ2v) is 4.46. The monoisotopic (exact) mass is 260 g/mol. The summed E-state index contributed by atoms with van der Waals surface area (Å²) in [5.74, 6) is 0. The summed E-state index contributed by atoms with van der Waals surface area (Å²) in [4.78, 5) is 0. The van der Waals surface area contributed by atoms with Gasteiger partial charge in [-0.05, 0) is 31.9 Å².